The van der Waals surface area contributed by atoms with E-state index in [-0.39, 0.29) is 28.7 Å². The van der Waals surface area contributed by atoms with Crippen molar-refractivity contribution >= 4 is 5.97 Å². The van der Waals surface area contributed by atoms with Crippen LogP contribution in [0.2, 0.25) is 0 Å². The third kappa shape index (κ3) is 3.05. The van der Waals surface area contributed by atoms with Gasteiger partial charge in [-0.2, -0.15) is 0 Å². The molecule has 3 aliphatic rings. The lowest BCUT2D eigenvalue weighted by atomic mass is 9.75. The van der Waals surface area contributed by atoms with Crippen molar-refractivity contribution in [3.05, 3.63) is 0 Å². The van der Waals surface area contributed by atoms with Crippen molar-refractivity contribution in [1.29, 1.82) is 0 Å². The first kappa shape index (κ1) is 17.2. The molecule has 1 heterocycles. The van der Waals surface area contributed by atoms with E-state index in [0.717, 1.165) is 32.1 Å². The molecule has 0 aromatic carbocycles. The zero-order chi connectivity index (χ0) is 17.3. The van der Waals surface area contributed by atoms with E-state index in [2.05, 4.69) is 13.8 Å². The number of carbonyl (C=O) groups excluding carboxylic acids is 1. The van der Waals surface area contributed by atoms with Crippen molar-refractivity contribution in [3.8, 4) is 0 Å². The highest BCUT2D eigenvalue weighted by Crippen LogP contribution is 2.61. The minimum atomic E-state index is -0.569. The van der Waals surface area contributed by atoms with E-state index in [0.29, 0.717) is 0 Å². The number of hydrogen-bond donors (Lipinski definition) is 0. The predicted molar refractivity (Wildman–Crippen MR) is 87.9 cm³/mol. The molecule has 2 saturated carbocycles. The Labute approximate surface area is 140 Å². The Balaban J connectivity index is 1.79. The highest BCUT2D eigenvalue weighted by atomic mass is 16.7. The summed E-state index contributed by atoms with van der Waals surface area (Å²) in [6.45, 7) is 14.1. The minimum Gasteiger partial charge on any atom is -0.458 e. The molecule has 0 N–H and O–H groups in total. The van der Waals surface area contributed by atoms with Gasteiger partial charge in [-0.1, -0.05) is 13.8 Å². The summed E-state index contributed by atoms with van der Waals surface area (Å²) >= 11 is 0. The Morgan fingerprint density at radius 1 is 1.04 bits per heavy atom. The highest BCUT2D eigenvalue weighted by molar-refractivity contribution is 5.76. The van der Waals surface area contributed by atoms with E-state index in [4.69, 9.17) is 14.2 Å². The highest BCUT2D eigenvalue weighted by Gasteiger charge is 2.66. The van der Waals surface area contributed by atoms with E-state index in [1.807, 2.05) is 34.6 Å². The fraction of sp³-hybridized carbons (Fsp3) is 0.947. The summed E-state index contributed by atoms with van der Waals surface area (Å²) in [4.78, 5) is 12.4. The fourth-order valence-electron chi connectivity index (χ4n) is 3.77. The molecule has 1 saturated heterocycles. The van der Waals surface area contributed by atoms with Gasteiger partial charge < -0.3 is 14.2 Å². The molecule has 0 aromatic rings. The van der Waals surface area contributed by atoms with Crippen LogP contribution >= 0.6 is 0 Å². The first-order valence-corrected chi connectivity index (χ1v) is 8.93. The number of ether oxygens (including phenoxy) is 3. The molecule has 2 aliphatic carbocycles. The van der Waals surface area contributed by atoms with Crippen molar-refractivity contribution < 1.29 is 19.0 Å². The van der Waals surface area contributed by atoms with Crippen LogP contribution in [0.25, 0.3) is 0 Å². The maximum absolute atomic E-state index is 12.4. The average Bonchev–Trinajstić information content (AvgIpc) is 3.25. The summed E-state index contributed by atoms with van der Waals surface area (Å²) in [5.74, 6) is -0.684. The molecule has 4 nitrogen and oxygen atoms in total. The summed E-state index contributed by atoms with van der Waals surface area (Å²) < 4.78 is 18.5. The first-order valence-electron chi connectivity index (χ1n) is 8.93. The van der Waals surface area contributed by atoms with Crippen LogP contribution in [-0.4, -0.2) is 29.1 Å². The third-order valence-corrected chi connectivity index (χ3v) is 5.84. The van der Waals surface area contributed by atoms with Gasteiger partial charge in [0.2, 0.25) is 0 Å². The Bertz CT molecular complexity index is 498. The molecular formula is C19H32O4. The van der Waals surface area contributed by atoms with Crippen molar-refractivity contribution in [2.24, 2.45) is 10.8 Å². The second-order valence-electron chi connectivity index (χ2n) is 9.85. The number of rotatable bonds is 3. The molecule has 0 aromatic heterocycles. The second kappa shape index (κ2) is 4.72. The molecular weight excluding hydrogens is 292 g/mol. The van der Waals surface area contributed by atoms with Gasteiger partial charge in [-0.05, 0) is 60.3 Å². The predicted octanol–water partition coefficient (Wildman–Crippen LogP) is 4.21. The molecule has 1 spiro atoms. The maximum Gasteiger partial charge on any atom is 0.311 e. The van der Waals surface area contributed by atoms with Gasteiger partial charge in [-0.3, -0.25) is 4.79 Å². The van der Waals surface area contributed by atoms with E-state index in [1.165, 1.54) is 0 Å². The Morgan fingerprint density at radius 2 is 1.61 bits per heavy atom. The number of hydrogen-bond acceptors (Lipinski definition) is 4. The van der Waals surface area contributed by atoms with Crippen LogP contribution in [0.3, 0.4) is 0 Å². The van der Waals surface area contributed by atoms with Crippen LogP contribution in [0.1, 0.15) is 80.6 Å². The van der Waals surface area contributed by atoms with Crippen LogP contribution < -0.4 is 0 Å². The SMILES string of the molecule is CC1(C)O[C@H](C(C)(C)C2(OC(=O)C(C)(C)C)CC2)CC2(CC2)O1. The van der Waals surface area contributed by atoms with Crippen LogP contribution in [0.4, 0.5) is 0 Å². The lowest BCUT2D eigenvalue weighted by Gasteiger charge is -2.49. The summed E-state index contributed by atoms with van der Waals surface area (Å²) in [7, 11) is 0. The van der Waals surface area contributed by atoms with Crippen LogP contribution in [0.5, 0.6) is 0 Å². The molecule has 0 radical (unpaired) electrons. The number of carbonyl (C=O) groups is 1. The molecule has 4 heteroatoms. The largest absolute Gasteiger partial charge is 0.458 e. The molecule has 1 aliphatic heterocycles. The Morgan fingerprint density at radius 3 is 2.04 bits per heavy atom. The molecule has 3 rings (SSSR count). The molecule has 132 valence electrons. The van der Waals surface area contributed by atoms with Crippen molar-refractivity contribution in [2.75, 3.05) is 0 Å². The number of esters is 1. The van der Waals surface area contributed by atoms with Crippen LogP contribution in [0, 0.1) is 10.8 Å². The van der Waals surface area contributed by atoms with Gasteiger partial charge in [0.1, 0.15) is 5.60 Å². The minimum absolute atomic E-state index is 0.00615. The van der Waals surface area contributed by atoms with E-state index in [1.54, 1.807) is 0 Å². The zero-order valence-corrected chi connectivity index (χ0v) is 15.7. The topological polar surface area (TPSA) is 44.8 Å². The van der Waals surface area contributed by atoms with Crippen LogP contribution in [-0.2, 0) is 19.0 Å². The van der Waals surface area contributed by atoms with E-state index in [9.17, 15) is 4.79 Å². The summed E-state index contributed by atoms with van der Waals surface area (Å²) in [5, 5.41) is 0. The van der Waals surface area contributed by atoms with Crippen molar-refractivity contribution in [2.45, 2.75) is 104 Å². The molecule has 0 amide bonds. The standard InChI is InChI=1S/C19H32O4/c1-15(2,3)14(20)22-19(10-11-19)16(4,5)13-12-18(8-9-18)23-17(6,7)21-13/h13H,8-12H2,1-7H3/t13-/m0/s1. The van der Waals surface area contributed by atoms with Gasteiger partial charge in [-0.15, -0.1) is 0 Å². The normalized spacial score (nSPS) is 30.8. The lowest BCUT2D eigenvalue weighted by molar-refractivity contribution is -0.332. The van der Waals surface area contributed by atoms with Gasteiger partial charge in [0.15, 0.2) is 5.79 Å². The molecule has 1 atom stereocenters. The smallest absolute Gasteiger partial charge is 0.311 e. The van der Waals surface area contributed by atoms with E-state index >= 15 is 0 Å². The molecule has 3 fully saturated rings. The van der Waals surface area contributed by atoms with Crippen molar-refractivity contribution in [1.82, 2.24) is 0 Å². The average molecular weight is 324 g/mol. The Kier molecular flexibility index (Phi) is 3.54. The van der Waals surface area contributed by atoms with Gasteiger partial charge in [0.05, 0.1) is 17.1 Å². The van der Waals surface area contributed by atoms with Gasteiger partial charge in [0.25, 0.3) is 0 Å². The summed E-state index contributed by atoms with van der Waals surface area (Å²) in [5.41, 5.74) is -1.08. The first-order chi connectivity index (χ1) is 10.3. The fourth-order valence-corrected chi connectivity index (χ4v) is 3.77. The van der Waals surface area contributed by atoms with Crippen LogP contribution in [0.15, 0.2) is 0 Å². The van der Waals surface area contributed by atoms with Crippen molar-refractivity contribution in [3.63, 3.8) is 0 Å². The van der Waals surface area contributed by atoms with Gasteiger partial charge in [0, 0.05) is 11.8 Å². The van der Waals surface area contributed by atoms with E-state index < -0.39 is 11.2 Å². The third-order valence-electron chi connectivity index (χ3n) is 5.84. The maximum atomic E-state index is 12.4. The zero-order valence-electron chi connectivity index (χ0n) is 15.7. The summed E-state index contributed by atoms with van der Waals surface area (Å²) in [6, 6.07) is 0. The quantitative estimate of drug-likeness (QED) is 0.730. The van der Waals surface area contributed by atoms with Gasteiger partial charge in [-0.25, -0.2) is 0 Å². The molecule has 23 heavy (non-hydrogen) atoms. The second-order valence-corrected chi connectivity index (χ2v) is 9.85. The molecule has 0 unspecified atom stereocenters. The van der Waals surface area contributed by atoms with Gasteiger partial charge >= 0.3 is 5.97 Å². The summed E-state index contributed by atoms with van der Waals surface area (Å²) in [6.07, 6.45) is 5.02. The Hall–Kier alpha value is -0.610. The lowest BCUT2D eigenvalue weighted by Crippen LogP contribution is -2.55. The molecule has 0 bridgehead atoms. The monoisotopic (exact) mass is 324 g/mol.